The largest absolute Gasteiger partial charge is 0.488 e. The molecule has 1 aromatic rings. The van der Waals surface area contributed by atoms with Crippen LogP contribution in [0.3, 0.4) is 0 Å². The molecule has 2 heterocycles. The highest BCUT2D eigenvalue weighted by molar-refractivity contribution is 5.94. The topological polar surface area (TPSA) is 58.6 Å². The number of amides is 2. The number of para-hydroxylation sites is 1. The summed E-state index contributed by atoms with van der Waals surface area (Å²) in [5.74, 6) is 0.820. The molecule has 1 N–H and O–H groups in total. The van der Waals surface area contributed by atoms with Gasteiger partial charge in [-0.3, -0.25) is 9.59 Å². The van der Waals surface area contributed by atoms with E-state index in [1.807, 2.05) is 31.2 Å². The van der Waals surface area contributed by atoms with Crippen molar-refractivity contribution in [1.82, 2.24) is 10.2 Å². The number of ether oxygens (including phenoxy) is 1. The fourth-order valence-electron chi connectivity index (χ4n) is 3.01. The first-order valence-corrected chi connectivity index (χ1v) is 7.50. The molecule has 2 amide bonds. The molecule has 2 unspecified atom stereocenters. The van der Waals surface area contributed by atoms with E-state index in [2.05, 4.69) is 5.32 Å². The Labute approximate surface area is 124 Å². The van der Waals surface area contributed by atoms with Crippen molar-refractivity contribution in [2.75, 3.05) is 13.1 Å². The Morgan fingerprint density at radius 1 is 1.33 bits per heavy atom. The van der Waals surface area contributed by atoms with Crippen LogP contribution in [-0.2, 0) is 16.0 Å². The molecule has 1 fully saturated rings. The normalized spacial score (nSPS) is 24.5. The van der Waals surface area contributed by atoms with E-state index in [1.165, 1.54) is 5.56 Å². The van der Waals surface area contributed by atoms with E-state index in [4.69, 9.17) is 4.74 Å². The fourth-order valence-corrected chi connectivity index (χ4v) is 3.01. The molecule has 3 rings (SSSR count). The van der Waals surface area contributed by atoms with E-state index in [0.29, 0.717) is 13.0 Å². The number of hydrogen-bond acceptors (Lipinski definition) is 3. The first-order valence-electron chi connectivity index (χ1n) is 7.50. The highest BCUT2D eigenvalue weighted by atomic mass is 16.5. The third-order valence-corrected chi connectivity index (χ3v) is 3.99. The molecular weight excluding hydrogens is 268 g/mol. The molecule has 1 saturated heterocycles. The molecule has 1 aromatic carbocycles. The smallest absolute Gasteiger partial charge is 0.245 e. The van der Waals surface area contributed by atoms with Crippen molar-refractivity contribution in [3.8, 4) is 5.75 Å². The standard InChI is InChI=1S/C16H20N2O3/c1-2-5-13-16(20)18(10-15(19)17-13)9-12-8-11-6-3-4-7-14(11)21-12/h3-4,6-7,12-13H,2,5,8-10H2,1H3,(H,17,19). The maximum Gasteiger partial charge on any atom is 0.245 e. The van der Waals surface area contributed by atoms with E-state index < -0.39 is 0 Å². The van der Waals surface area contributed by atoms with Crippen LogP contribution in [0.2, 0.25) is 0 Å². The Hall–Kier alpha value is -2.04. The van der Waals surface area contributed by atoms with Crippen LogP contribution in [0.5, 0.6) is 5.75 Å². The van der Waals surface area contributed by atoms with E-state index in [9.17, 15) is 9.59 Å². The summed E-state index contributed by atoms with van der Waals surface area (Å²) in [5, 5.41) is 2.77. The number of fused-ring (bicyclic) bond motifs is 1. The minimum atomic E-state index is -0.375. The molecule has 5 nitrogen and oxygen atoms in total. The van der Waals surface area contributed by atoms with Crippen molar-refractivity contribution in [3.05, 3.63) is 29.8 Å². The lowest BCUT2D eigenvalue weighted by Gasteiger charge is -2.33. The molecule has 2 aliphatic heterocycles. The first-order chi connectivity index (χ1) is 10.2. The average Bonchev–Trinajstić information content (AvgIpc) is 2.86. The van der Waals surface area contributed by atoms with Gasteiger partial charge in [0.1, 0.15) is 17.9 Å². The van der Waals surface area contributed by atoms with Crippen molar-refractivity contribution < 1.29 is 14.3 Å². The number of carbonyl (C=O) groups excluding carboxylic acids is 2. The van der Waals surface area contributed by atoms with Gasteiger partial charge in [-0.15, -0.1) is 0 Å². The fraction of sp³-hybridized carbons (Fsp3) is 0.500. The zero-order chi connectivity index (χ0) is 14.8. The lowest BCUT2D eigenvalue weighted by atomic mass is 10.1. The summed E-state index contributed by atoms with van der Waals surface area (Å²) in [6.07, 6.45) is 2.29. The number of nitrogens with zero attached hydrogens (tertiary/aromatic N) is 1. The molecule has 5 heteroatoms. The van der Waals surface area contributed by atoms with Crippen LogP contribution < -0.4 is 10.1 Å². The first kappa shape index (κ1) is 13.9. The Morgan fingerprint density at radius 3 is 2.90 bits per heavy atom. The van der Waals surface area contributed by atoms with Gasteiger partial charge in [0.2, 0.25) is 11.8 Å². The van der Waals surface area contributed by atoms with Crippen LogP contribution in [0.15, 0.2) is 24.3 Å². The summed E-state index contributed by atoms with van der Waals surface area (Å²) in [6.45, 7) is 2.62. The predicted molar refractivity (Wildman–Crippen MR) is 78.0 cm³/mol. The monoisotopic (exact) mass is 288 g/mol. The van der Waals surface area contributed by atoms with E-state index in [1.54, 1.807) is 4.90 Å². The van der Waals surface area contributed by atoms with Crippen LogP contribution in [0, 0.1) is 0 Å². The number of piperazine rings is 1. The molecule has 0 spiro atoms. The summed E-state index contributed by atoms with van der Waals surface area (Å²) in [5.41, 5.74) is 1.17. The molecule has 0 aromatic heterocycles. The Bertz CT molecular complexity index is 533. The van der Waals surface area contributed by atoms with Gasteiger partial charge in [-0.05, 0) is 18.1 Å². The van der Waals surface area contributed by atoms with Gasteiger partial charge in [-0.2, -0.15) is 0 Å². The number of rotatable bonds is 4. The highest BCUT2D eigenvalue weighted by Gasteiger charge is 2.34. The summed E-state index contributed by atoms with van der Waals surface area (Å²) < 4.78 is 5.86. The van der Waals surface area contributed by atoms with Crippen LogP contribution >= 0.6 is 0 Å². The molecule has 2 atom stereocenters. The summed E-state index contributed by atoms with van der Waals surface area (Å²) in [4.78, 5) is 25.8. The second kappa shape index (κ2) is 5.76. The molecule has 112 valence electrons. The Balaban J connectivity index is 1.65. The number of nitrogens with one attached hydrogen (secondary N) is 1. The number of hydrogen-bond donors (Lipinski definition) is 1. The van der Waals surface area contributed by atoms with Gasteiger partial charge in [0.05, 0.1) is 13.1 Å². The van der Waals surface area contributed by atoms with Crippen molar-refractivity contribution >= 4 is 11.8 Å². The predicted octanol–water partition coefficient (Wildman–Crippen LogP) is 1.12. The lowest BCUT2D eigenvalue weighted by Crippen LogP contribution is -2.59. The zero-order valence-electron chi connectivity index (χ0n) is 12.2. The lowest BCUT2D eigenvalue weighted by molar-refractivity contribution is -0.145. The van der Waals surface area contributed by atoms with Gasteiger partial charge in [0, 0.05) is 6.42 Å². The maximum atomic E-state index is 12.4. The average molecular weight is 288 g/mol. The third-order valence-electron chi connectivity index (χ3n) is 3.99. The van der Waals surface area contributed by atoms with Gasteiger partial charge in [-0.25, -0.2) is 0 Å². The summed E-state index contributed by atoms with van der Waals surface area (Å²) in [6, 6.07) is 7.54. The second-order valence-corrected chi connectivity index (χ2v) is 5.68. The van der Waals surface area contributed by atoms with E-state index in [0.717, 1.165) is 18.6 Å². The number of benzene rings is 1. The van der Waals surface area contributed by atoms with Gasteiger partial charge in [-0.1, -0.05) is 31.5 Å². The van der Waals surface area contributed by atoms with Gasteiger partial charge < -0.3 is 15.0 Å². The van der Waals surface area contributed by atoms with Crippen molar-refractivity contribution in [2.24, 2.45) is 0 Å². The van der Waals surface area contributed by atoms with Crippen LogP contribution in [-0.4, -0.2) is 41.9 Å². The van der Waals surface area contributed by atoms with E-state index >= 15 is 0 Å². The second-order valence-electron chi connectivity index (χ2n) is 5.68. The summed E-state index contributed by atoms with van der Waals surface area (Å²) in [7, 11) is 0. The van der Waals surface area contributed by atoms with Crippen LogP contribution in [0.4, 0.5) is 0 Å². The molecule has 0 aliphatic carbocycles. The molecule has 2 aliphatic rings. The van der Waals surface area contributed by atoms with Crippen LogP contribution in [0.1, 0.15) is 25.3 Å². The van der Waals surface area contributed by atoms with Crippen molar-refractivity contribution in [2.45, 2.75) is 38.3 Å². The Kier molecular flexibility index (Phi) is 3.82. The van der Waals surface area contributed by atoms with Crippen molar-refractivity contribution in [1.29, 1.82) is 0 Å². The van der Waals surface area contributed by atoms with E-state index in [-0.39, 0.29) is 30.5 Å². The molecular formula is C16H20N2O3. The van der Waals surface area contributed by atoms with Gasteiger partial charge in [0.15, 0.2) is 0 Å². The number of carbonyl (C=O) groups is 2. The minimum absolute atomic E-state index is 0.0102. The molecule has 21 heavy (non-hydrogen) atoms. The minimum Gasteiger partial charge on any atom is -0.488 e. The summed E-state index contributed by atoms with van der Waals surface area (Å²) >= 11 is 0. The van der Waals surface area contributed by atoms with Crippen molar-refractivity contribution in [3.63, 3.8) is 0 Å². The molecule has 0 saturated carbocycles. The third kappa shape index (κ3) is 2.86. The quantitative estimate of drug-likeness (QED) is 0.903. The van der Waals surface area contributed by atoms with Crippen LogP contribution in [0.25, 0.3) is 0 Å². The molecule has 0 bridgehead atoms. The van der Waals surface area contributed by atoms with Gasteiger partial charge >= 0.3 is 0 Å². The Morgan fingerprint density at radius 2 is 2.14 bits per heavy atom. The SMILES string of the molecule is CCCC1NC(=O)CN(CC2Cc3ccccc3O2)C1=O. The molecule has 0 radical (unpaired) electrons. The maximum absolute atomic E-state index is 12.4. The van der Waals surface area contributed by atoms with Gasteiger partial charge in [0.25, 0.3) is 0 Å². The zero-order valence-corrected chi connectivity index (χ0v) is 12.2. The highest BCUT2D eigenvalue weighted by Crippen LogP contribution is 2.28.